The lowest BCUT2D eigenvalue weighted by molar-refractivity contribution is 0.299. The van der Waals surface area contributed by atoms with Gasteiger partial charge in [0.15, 0.2) is 5.75 Å². The topological polar surface area (TPSA) is 27.1 Å². The zero-order valence-electron chi connectivity index (χ0n) is 10.2. The molecular formula is C13H14ClFN2O. The molecule has 2 rings (SSSR count). The number of ether oxygens (including phenoxy) is 1. The Kier molecular flexibility index (Phi) is 3.87. The van der Waals surface area contributed by atoms with Crippen LogP contribution < -0.4 is 4.74 Å². The molecule has 5 heteroatoms. The Labute approximate surface area is 110 Å². The predicted molar refractivity (Wildman–Crippen MR) is 68.4 cm³/mol. The van der Waals surface area contributed by atoms with E-state index in [1.165, 1.54) is 6.07 Å². The maximum atomic E-state index is 13.6. The molecule has 96 valence electrons. The highest BCUT2D eigenvalue weighted by molar-refractivity contribution is 6.30. The Balaban J connectivity index is 2.04. The molecule has 18 heavy (non-hydrogen) atoms. The molecule has 0 saturated carbocycles. The number of hydrogen-bond donors (Lipinski definition) is 0. The quantitative estimate of drug-likeness (QED) is 0.842. The van der Waals surface area contributed by atoms with E-state index in [4.69, 9.17) is 16.3 Å². The third kappa shape index (κ3) is 2.82. The summed E-state index contributed by atoms with van der Waals surface area (Å²) in [5.74, 6) is 0.179. The van der Waals surface area contributed by atoms with Crippen LogP contribution in [0.4, 0.5) is 4.39 Å². The van der Waals surface area contributed by atoms with Crippen LogP contribution in [-0.4, -0.2) is 9.78 Å². The van der Waals surface area contributed by atoms with Crippen molar-refractivity contribution in [2.24, 2.45) is 0 Å². The Morgan fingerprint density at radius 1 is 1.44 bits per heavy atom. The molecule has 3 nitrogen and oxygen atoms in total. The van der Waals surface area contributed by atoms with Gasteiger partial charge in [0.05, 0.1) is 17.4 Å². The fourth-order valence-corrected chi connectivity index (χ4v) is 1.69. The molecule has 1 heterocycles. The van der Waals surface area contributed by atoms with E-state index in [1.807, 2.05) is 13.8 Å². The highest BCUT2D eigenvalue weighted by Gasteiger charge is 2.08. The minimum Gasteiger partial charge on any atom is -0.486 e. The lowest BCUT2D eigenvalue weighted by Crippen LogP contribution is -2.00. The molecule has 0 atom stereocenters. The first kappa shape index (κ1) is 12.9. The van der Waals surface area contributed by atoms with Crippen molar-refractivity contribution >= 4 is 11.6 Å². The molecule has 0 unspecified atom stereocenters. The summed E-state index contributed by atoms with van der Waals surface area (Å²) in [6, 6.07) is 5.12. The van der Waals surface area contributed by atoms with Gasteiger partial charge in [-0.15, -0.1) is 0 Å². The number of halogens is 2. The number of rotatable bonds is 4. The lowest BCUT2D eigenvalue weighted by Gasteiger charge is -2.06. The van der Waals surface area contributed by atoms with Gasteiger partial charge in [-0.1, -0.05) is 23.7 Å². The first-order valence-corrected chi connectivity index (χ1v) is 6.05. The van der Waals surface area contributed by atoms with Crippen LogP contribution in [0.25, 0.3) is 0 Å². The molecule has 0 aliphatic carbocycles. The van der Waals surface area contributed by atoms with Gasteiger partial charge in [0.2, 0.25) is 0 Å². The number of nitrogens with zero attached hydrogens (tertiary/aromatic N) is 2. The van der Waals surface area contributed by atoms with E-state index in [0.29, 0.717) is 11.3 Å². The molecule has 0 N–H and O–H groups in total. The largest absolute Gasteiger partial charge is 0.486 e. The van der Waals surface area contributed by atoms with Gasteiger partial charge >= 0.3 is 0 Å². The third-order valence-corrected chi connectivity index (χ3v) is 2.82. The minimum atomic E-state index is -0.435. The maximum absolute atomic E-state index is 13.6. The lowest BCUT2D eigenvalue weighted by atomic mass is 10.2. The zero-order valence-corrected chi connectivity index (χ0v) is 11.0. The van der Waals surface area contributed by atoms with E-state index < -0.39 is 5.82 Å². The normalized spacial score (nSPS) is 10.9. The number of hydrogen-bond acceptors (Lipinski definition) is 2. The van der Waals surface area contributed by atoms with Crippen LogP contribution in [0.5, 0.6) is 5.75 Å². The molecule has 0 radical (unpaired) electrons. The predicted octanol–water partition coefficient (Wildman–Crippen LogP) is 3.84. The number of aromatic nitrogens is 2. The second kappa shape index (κ2) is 5.40. The second-order valence-corrected chi connectivity index (χ2v) is 4.66. The van der Waals surface area contributed by atoms with Crippen LogP contribution in [-0.2, 0) is 6.61 Å². The summed E-state index contributed by atoms with van der Waals surface area (Å²) in [5, 5.41) is 4.25. The molecule has 0 saturated heterocycles. The Morgan fingerprint density at radius 3 is 2.89 bits per heavy atom. The van der Waals surface area contributed by atoms with Gasteiger partial charge in [0.25, 0.3) is 0 Å². The van der Waals surface area contributed by atoms with Gasteiger partial charge in [-0.25, -0.2) is 4.39 Å². The van der Waals surface area contributed by atoms with Crippen LogP contribution in [0.2, 0.25) is 5.02 Å². The molecular weight excluding hydrogens is 255 g/mol. The van der Waals surface area contributed by atoms with E-state index in [0.717, 1.165) is 0 Å². The minimum absolute atomic E-state index is 0.106. The van der Waals surface area contributed by atoms with Crippen molar-refractivity contribution in [3.05, 3.63) is 47.0 Å². The van der Waals surface area contributed by atoms with Crippen molar-refractivity contribution in [1.29, 1.82) is 0 Å². The van der Waals surface area contributed by atoms with E-state index >= 15 is 0 Å². The van der Waals surface area contributed by atoms with E-state index in [2.05, 4.69) is 5.10 Å². The summed E-state index contributed by atoms with van der Waals surface area (Å²) in [7, 11) is 0. The van der Waals surface area contributed by atoms with Crippen LogP contribution >= 0.6 is 11.6 Å². The van der Waals surface area contributed by atoms with Crippen LogP contribution in [0.3, 0.4) is 0 Å². The Morgan fingerprint density at radius 2 is 2.22 bits per heavy atom. The average molecular weight is 269 g/mol. The molecule has 0 aliphatic heterocycles. The monoisotopic (exact) mass is 268 g/mol. The Hall–Kier alpha value is -1.55. The number of benzene rings is 1. The fourth-order valence-electron chi connectivity index (χ4n) is 1.50. The summed E-state index contributed by atoms with van der Waals surface area (Å²) >= 11 is 5.69. The van der Waals surface area contributed by atoms with Crippen LogP contribution in [0.1, 0.15) is 25.5 Å². The van der Waals surface area contributed by atoms with E-state index in [9.17, 15) is 4.39 Å². The van der Waals surface area contributed by atoms with Crippen molar-refractivity contribution in [1.82, 2.24) is 9.78 Å². The molecule has 1 aromatic carbocycles. The smallest absolute Gasteiger partial charge is 0.157 e. The molecule has 2 aromatic rings. The van der Waals surface area contributed by atoms with Gasteiger partial charge in [0.1, 0.15) is 12.4 Å². The van der Waals surface area contributed by atoms with Gasteiger partial charge in [-0.3, -0.25) is 4.68 Å². The highest BCUT2D eigenvalue weighted by atomic mass is 35.5. The van der Waals surface area contributed by atoms with Crippen LogP contribution in [0, 0.1) is 5.82 Å². The van der Waals surface area contributed by atoms with Gasteiger partial charge in [0, 0.05) is 11.6 Å². The van der Waals surface area contributed by atoms with E-state index in [-0.39, 0.29) is 17.7 Å². The van der Waals surface area contributed by atoms with Crippen molar-refractivity contribution in [3.63, 3.8) is 0 Å². The SMILES string of the molecule is CC(C)n1cc(OCc2cccc(Cl)c2F)cn1. The maximum Gasteiger partial charge on any atom is 0.157 e. The standard InChI is InChI=1S/C13H14ClFN2O/c1-9(2)17-7-11(6-16-17)18-8-10-4-3-5-12(14)13(10)15/h3-7,9H,8H2,1-2H3. The van der Waals surface area contributed by atoms with E-state index in [1.54, 1.807) is 29.2 Å². The summed E-state index contributed by atoms with van der Waals surface area (Å²) < 4.78 is 20.9. The van der Waals surface area contributed by atoms with Crippen LogP contribution in [0.15, 0.2) is 30.6 Å². The molecule has 0 fully saturated rings. The average Bonchev–Trinajstić information content (AvgIpc) is 2.80. The second-order valence-electron chi connectivity index (χ2n) is 4.25. The van der Waals surface area contributed by atoms with Gasteiger partial charge in [-0.05, 0) is 19.9 Å². The van der Waals surface area contributed by atoms with Crippen molar-refractivity contribution in [2.75, 3.05) is 0 Å². The molecule has 1 aromatic heterocycles. The fraction of sp³-hybridized carbons (Fsp3) is 0.308. The molecule has 0 spiro atoms. The third-order valence-electron chi connectivity index (χ3n) is 2.53. The van der Waals surface area contributed by atoms with Crippen molar-refractivity contribution in [3.8, 4) is 5.75 Å². The van der Waals surface area contributed by atoms with Crippen molar-refractivity contribution < 1.29 is 9.13 Å². The summed E-state index contributed by atoms with van der Waals surface area (Å²) in [6.07, 6.45) is 3.40. The summed E-state index contributed by atoms with van der Waals surface area (Å²) in [6.45, 7) is 4.18. The highest BCUT2D eigenvalue weighted by Crippen LogP contribution is 2.20. The van der Waals surface area contributed by atoms with Gasteiger partial charge in [-0.2, -0.15) is 5.10 Å². The first-order valence-electron chi connectivity index (χ1n) is 5.67. The zero-order chi connectivity index (χ0) is 13.1. The molecule has 0 amide bonds. The first-order chi connectivity index (χ1) is 8.58. The molecule has 0 aliphatic rings. The molecule has 0 bridgehead atoms. The Bertz CT molecular complexity index is 540. The summed E-state index contributed by atoms with van der Waals surface area (Å²) in [5.41, 5.74) is 0.430. The van der Waals surface area contributed by atoms with Gasteiger partial charge < -0.3 is 4.74 Å². The van der Waals surface area contributed by atoms with Crippen molar-refractivity contribution in [2.45, 2.75) is 26.5 Å². The summed E-state index contributed by atoms with van der Waals surface area (Å²) in [4.78, 5) is 0.